The number of aromatic hydroxyl groups is 1. The van der Waals surface area contributed by atoms with Crippen molar-refractivity contribution >= 4 is 5.91 Å². The van der Waals surface area contributed by atoms with Crippen molar-refractivity contribution in [2.75, 3.05) is 0 Å². The molecule has 0 saturated heterocycles. The topological polar surface area (TPSA) is 104 Å². The van der Waals surface area contributed by atoms with E-state index in [0.717, 1.165) is 4.57 Å². The third-order valence-electron chi connectivity index (χ3n) is 2.54. The number of H-pyrrole nitrogens is 1. The van der Waals surface area contributed by atoms with Gasteiger partial charge in [0, 0.05) is 6.04 Å². The first-order valence-electron chi connectivity index (χ1n) is 5.60. The van der Waals surface area contributed by atoms with Crippen LogP contribution in [0.2, 0.25) is 0 Å². The van der Waals surface area contributed by atoms with E-state index in [1.165, 1.54) is 13.8 Å². The van der Waals surface area contributed by atoms with Crippen molar-refractivity contribution in [3.05, 3.63) is 26.4 Å². The Balaban J connectivity index is 3.26. The molecule has 7 heteroatoms. The Bertz CT molecular complexity index is 571. The molecule has 7 nitrogen and oxygen atoms in total. The minimum Gasteiger partial charge on any atom is -0.494 e. The van der Waals surface area contributed by atoms with Crippen molar-refractivity contribution < 1.29 is 9.90 Å². The van der Waals surface area contributed by atoms with E-state index in [0.29, 0.717) is 0 Å². The lowest BCUT2D eigenvalue weighted by molar-refractivity contribution is -0.124. The Hall–Kier alpha value is -2.05. The third-order valence-corrected chi connectivity index (χ3v) is 2.54. The molecular weight excluding hydrogens is 238 g/mol. The number of amides is 1. The van der Waals surface area contributed by atoms with Gasteiger partial charge in [-0.3, -0.25) is 19.1 Å². The summed E-state index contributed by atoms with van der Waals surface area (Å²) in [6.07, 6.45) is 0. The molecule has 1 amide bonds. The van der Waals surface area contributed by atoms with E-state index >= 15 is 0 Å². The predicted molar refractivity (Wildman–Crippen MR) is 65.7 cm³/mol. The molecule has 3 N–H and O–H groups in total. The third kappa shape index (κ3) is 2.61. The lowest BCUT2D eigenvalue weighted by atomic mass is 10.2. The molecule has 1 atom stereocenters. The summed E-state index contributed by atoms with van der Waals surface area (Å²) in [5.41, 5.74) is -1.47. The van der Waals surface area contributed by atoms with Gasteiger partial charge in [0.05, 0.1) is 5.56 Å². The van der Waals surface area contributed by atoms with Gasteiger partial charge in [0.2, 0.25) is 11.8 Å². The van der Waals surface area contributed by atoms with Gasteiger partial charge in [-0.15, -0.1) is 0 Å². The summed E-state index contributed by atoms with van der Waals surface area (Å²) in [6.45, 7) is 6.41. The molecule has 1 aromatic rings. The van der Waals surface area contributed by atoms with Crippen LogP contribution in [-0.4, -0.2) is 26.6 Å². The van der Waals surface area contributed by atoms with E-state index in [1.54, 1.807) is 13.8 Å². The van der Waals surface area contributed by atoms with E-state index < -0.39 is 29.1 Å². The molecular formula is C11H17N3O4. The highest BCUT2D eigenvalue weighted by Crippen LogP contribution is 2.14. The SMILES string of the molecule is Cc1c(O)n(C(C)C(=O)NC(C)C)c(=O)[nH]c1=O. The number of hydrogen-bond acceptors (Lipinski definition) is 4. The van der Waals surface area contributed by atoms with Gasteiger partial charge >= 0.3 is 5.69 Å². The number of nitrogens with zero attached hydrogens (tertiary/aromatic N) is 1. The van der Waals surface area contributed by atoms with Crippen LogP contribution in [0.1, 0.15) is 32.4 Å². The lowest BCUT2D eigenvalue weighted by Gasteiger charge is -2.18. The molecule has 1 rings (SSSR count). The molecule has 0 aliphatic heterocycles. The van der Waals surface area contributed by atoms with Crippen LogP contribution in [0.4, 0.5) is 0 Å². The summed E-state index contributed by atoms with van der Waals surface area (Å²) < 4.78 is 0.856. The predicted octanol–water partition coefficient (Wildman–Crippen LogP) is -0.364. The first-order valence-corrected chi connectivity index (χ1v) is 5.60. The average molecular weight is 255 g/mol. The Labute approximate surface area is 103 Å². The van der Waals surface area contributed by atoms with Gasteiger partial charge in [0.25, 0.3) is 5.56 Å². The summed E-state index contributed by atoms with van der Waals surface area (Å²) in [5.74, 6) is -0.899. The molecule has 100 valence electrons. The normalized spacial score (nSPS) is 12.5. The van der Waals surface area contributed by atoms with Crippen molar-refractivity contribution in [3.63, 3.8) is 0 Å². The second-order valence-electron chi connectivity index (χ2n) is 4.42. The maximum atomic E-state index is 11.8. The maximum Gasteiger partial charge on any atom is 0.331 e. The molecule has 0 fully saturated rings. The van der Waals surface area contributed by atoms with Crippen LogP contribution in [-0.2, 0) is 4.79 Å². The molecule has 0 radical (unpaired) electrons. The number of hydrogen-bond donors (Lipinski definition) is 3. The Morgan fingerprint density at radius 3 is 2.39 bits per heavy atom. The number of carbonyl (C=O) groups excluding carboxylic acids is 1. The number of rotatable bonds is 3. The van der Waals surface area contributed by atoms with Crippen molar-refractivity contribution in [2.45, 2.75) is 39.8 Å². The Kier molecular flexibility index (Phi) is 3.95. The molecule has 1 aromatic heterocycles. The molecule has 0 aromatic carbocycles. The first-order chi connectivity index (χ1) is 8.25. The summed E-state index contributed by atoms with van der Waals surface area (Å²) in [6, 6.07) is -0.989. The number of aromatic amines is 1. The fraction of sp³-hybridized carbons (Fsp3) is 0.545. The van der Waals surface area contributed by atoms with Gasteiger partial charge < -0.3 is 10.4 Å². The maximum absolute atomic E-state index is 11.8. The molecule has 0 bridgehead atoms. The highest BCUT2D eigenvalue weighted by Gasteiger charge is 2.21. The number of nitrogens with one attached hydrogen (secondary N) is 2. The average Bonchev–Trinajstić information content (AvgIpc) is 2.25. The van der Waals surface area contributed by atoms with Gasteiger partial charge in [0.15, 0.2) is 0 Å². The highest BCUT2D eigenvalue weighted by molar-refractivity contribution is 5.80. The van der Waals surface area contributed by atoms with E-state index in [9.17, 15) is 19.5 Å². The van der Waals surface area contributed by atoms with Gasteiger partial charge in [0.1, 0.15) is 6.04 Å². The van der Waals surface area contributed by atoms with Crippen molar-refractivity contribution in [2.24, 2.45) is 0 Å². The van der Waals surface area contributed by atoms with E-state index in [4.69, 9.17) is 0 Å². The summed E-state index contributed by atoms with van der Waals surface area (Å²) in [7, 11) is 0. The fourth-order valence-corrected chi connectivity index (χ4v) is 1.51. The minimum atomic E-state index is -0.907. The highest BCUT2D eigenvalue weighted by atomic mass is 16.3. The van der Waals surface area contributed by atoms with Crippen LogP contribution in [0.5, 0.6) is 5.88 Å². The van der Waals surface area contributed by atoms with Gasteiger partial charge in [-0.05, 0) is 27.7 Å². The zero-order chi connectivity index (χ0) is 14.0. The first kappa shape index (κ1) is 14.0. The van der Waals surface area contributed by atoms with Crippen LogP contribution in [0.3, 0.4) is 0 Å². The molecule has 0 spiro atoms. The molecule has 18 heavy (non-hydrogen) atoms. The second kappa shape index (κ2) is 5.07. The van der Waals surface area contributed by atoms with Gasteiger partial charge in [-0.2, -0.15) is 0 Å². The molecule has 0 aliphatic rings. The van der Waals surface area contributed by atoms with Crippen LogP contribution < -0.4 is 16.6 Å². The van der Waals surface area contributed by atoms with E-state index in [1.807, 2.05) is 4.98 Å². The molecule has 1 unspecified atom stereocenters. The fourth-order valence-electron chi connectivity index (χ4n) is 1.51. The Morgan fingerprint density at radius 2 is 1.89 bits per heavy atom. The van der Waals surface area contributed by atoms with Crippen LogP contribution in [0, 0.1) is 6.92 Å². The van der Waals surface area contributed by atoms with Gasteiger partial charge in [-0.1, -0.05) is 0 Å². The van der Waals surface area contributed by atoms with Crippen molar-refractivity contribution in [1.29, 1.82) is 0 Å². The summed E-state index contributed by atoms with van der Waals surface area (Å²) >= 11 is 0. The summed E-state index contributed by atoms with van der Waals surface area (Å²) in [4.78, 5) is 36.7. The zero-order valence-electron chi connectivity index (χ0n) is 10.8. The van der Waals surface area contributed by atoms with E-state index in [-0.39, 0.29) is 11.6 Å². The largest absolute Gasteiger partial charge is 0.494 e. The van der Waals surface area contributed by atoms with Crippen molar-refractivity contribution in [3.8, 4) is 5.88 Å². The van der Waals surface area contributed by atoms with E-state index in [2.05, 4.69) is 5.32 Å². The van der Waals surface area contributed by atoms with Gasteiger partial charge in [-0.25, -0.2) is 4.79 Å². The molecule has 0 saturated carbocycles. The lowest BCUT2D eigenvalue weighted by Crippen LogP contribution is -2.41. The minimum absolute atomic E-state index is 0.00111. The standard InChI is InChI=1S/C11H17N3O4/c1-5(2)12-9(16)7(4)14-10(17)6(3)8(15)13-11(14)18/h5,7,17H,1-4H3,(H,12,16)(H,13,15,18). The van der Waals surface area contributed by atoms with Crippen LogP contribution in [0.15, 0.2) is 9.59 Å². The number of aromatic nitrogens is 2. The Morgan fingerprint density at radius 1 is 1.33 bits per heavy atom. The van der Waals surface area contributed by atoms with Crippen molar-refractivity contribution in [1.82, 2.24) is 14.9 Å². The summed E-state index contributed by atoms with van der Waals surface area (Å²) in [5, 5.41) is 12.4. The second-order valence-corrected chi connectivity index (χ2v) is 4.42. The quantitative estimate of drug-likeness (QED) is 0.685. The van der Waals surface area contributed by atoms with Crippen LogP contribution >= 0.6 is 0 Å². The molecule has 0 aliphatic carbocycles. The van der Waals surface area contributed by atoms with Crippen LogP contribution in [0.25, 0.3) is 0 Å². The smallest absolute Gasteiger partial charge is 0.331 e. The zero-order valence-corrected chi connectivity index (χ0v) is 10.8. The number of carbonyl (C=O) groups is 1. The monoisotopic (exact) mass is 255 g/mol. The molecule has 1 heterocycles.